The first-order chi connectivity index (χ1) is 15.1. The molecule has 2 heterocycles. The lowest BCUT2D eigenvalue weighted by molar-refractivity contribution is -0.123. The molecular formula is C22H22N4O5. The Balaban J connectivity index is 1.34. The molecule has 0 aliphatic rings. The number of pyridine rings is 1. The SMILES string of the molecule is O=C(CCNC(=O)COc1cccc(NC(=O)c2ccco2)c1)NCc1ccncc1. The van der Waals surface area contributed by atoms with Gasteiger partial charge < -0.3 is 25.1 Å². The Labute approximate surface area is 178 Å². The molecule has 3 aromatic rings. The Morgan fingerprint density at radius 3 is 2.58 bits per heavy atom. The molecule has 3 rings (SSSR count). The molecule has 160 valence electrons. The van der Waals surface area contributed by atoms with E-state index in [1.165, 1.54) is 6.26 Å². The van der Waals surface area contributed by atoms with E-state index < -0.39 is 0 Å². The average molecular weight is 422 g/mol. The van der Waals surface area contributed by atoms with E-state index in [9.17, 15) is 14.4 Å². The minimum absolute atomic E-state index is 0.158. The van der Waals surface area contributed by atoms with Gasteiger partial charge in [-0.15, -0.1) is 0 Å². The molecule has 0 saturated heterocycles. The van der Waals surface area contributed by atoms with Crippen molar-refractivity contribution < 1.29 is 23.5 Å². The van der Waals surface area contributed by atoms with Crippen molar-refractivity contribution in [3.63, 3.8) is 0 Å². The van der Waals surface area contributed by atoms with Gasteiger partial charge in [-0.1, -0.05) is 6.07 Å². The van der Waals surface area contributed by atoms with Crippen LogP contribution in [0.2, 0.25) is 0 Å². The molecule has 9 heteroatoms. The van der Waals surface area contributed by atoms with E-state index in [1.54, 1.807) is 48.8 Å². The number of amides is 3. The minimum Gasteiger partial charge on any atom is -0.484 e. The zero-order chi connectivity index (χ0) is 21.9. The number of carbonyl (C=O) groups is 3. The number of furan rings is 1. The lowest BCUT2D eigenvalue weighted by atomic mass is 10.2. The summed E-state index contributed by atoms with van der Waals surface area (Å²) in [5, 5.41) is 8.08. The van der Waals surface area contributed by atoms with Gasteiger partial charge in [-0.05, 0) is 42.0 Å². The number of rotatable bonds is 10. The van der Waals surface area contributed by atoms with Gasteiger partial charge in [0.2, 0.25) is 5.91 Å². The van der Waals surface area contributed by atoms with E-state index in [-0.39, 0.29) is 43.1 Å². The van der Waals surface area contributed by atoms with Crippen LogP contribution in [-0.2, 0) is 16.1 Å². The molecule has 0 bridgehead atoms. The Bertz CT molecular complexity index is 1010. The van der Waals surface area contributed by atoms with Gasteiger partial charge >= 0.3 is 0 Å². The van der Waals surface area contributed by atoms with E-state index in [1.807, 2.05) is 12.1 Å². The van der Waals surface area contributed by atoms with Crippen LogP contribution < -0.4 is 20.7 Å². The average Bonchev–Trinajstić information content (AvgIpc) is 3.33. The summed E-state index contributed by atoms with van der Waals surface area (Å²) in [5.41, 5.74) is 1.45. The quantitative estimate of drug-likeness (QED) is 0.460. The number of aromatic nitrogens is 1. The van der Waals surface area contributed by atoms with Gasteiger partial charge in [0.05, 0.1) is 6.26 Å². The van der Waals surface area contributed by atoms with Crippen LogP contribution in [0.5, 0.6) is 5.75 Å². The zero-order valence-electron chi connectivity index (χ0n) is 16.7. The lowest BCUT2D eigenvalue weighted by Crippen LogP contribution is -2.33. The molecule has 0 aliphatic heterocycles. The van der Waals surface area contributed by atoms with Gasteiger partial charge in [0.15, 0.2) is 12.4 Å². The predicted octanol–water partition coefficient (Wildman–Crippen LogP) is 2.13. The number of hydrogen-bond acceptors (Lipinski definition) is 6. The summed E-state index contributed by atoms with van der Waals surface area (Å²) in [6.45, 7) is 0.392. The number of nitrogens with zero attached hydrogens (tertiary/aromatic N) is 1. The molecule has 0 radical (unpaired) electrons. The summed E-state index contributed by atoms with van der Waals surface area (Å²) in [5.74, 6) is -0.301. The standard InChI is InChI=1S/C22H22N4O5/c27-20(25-14-16-6-9-23-10-7-16)8-11-24-21(28)15-31-18-4-1-3-17(13-18)26-22(29)19-5-2-12-30-19/h1-7,9-10,12-13H,8,11,14-15H2,(H,24,28)(H,25,27)(H,26,29). The summed E-state index contributed by atoms with van der Waals surface area (Å²) in [6, 6.07) is 13.5. The van der Waals surface area contributed by atoms with Crippen LogP contribution in [0.15, 0.2) is 71.6 Å². The first kappa shape index (κ1) is 21.6. The largest absolute Gasteiger partial charge is 0.484 e. The monoisotopic (exact) mass is 422 g/mol. The highest BCUT2D eigenvalue weighted by Gasteiger charge is 2.10. The van der Waals surface area contributed by atoms with Crippen molar-refractivity contribution in [3.05, 3.63) is 78.5 Å². The molecule has 1 aromatic carbocycles. The molecule has 0 atom stereocenters. The summed E-state index contributed by atoms with van der Waals surface area (Å²) >= 11 is 0. The highest BCUT2D eigenvalue weighted by Crippen LogP contribution is 2.18. The number of ether oxygens (including phenoxy) is 1. The molecule has 0 fully saturated rings. The van der Waals surface area contributed by atoms with Crippen LogP contribution in [0.25, 0.3) is 0 Å². The zero-order valence-corrected chi connectivity index (χ0v) is 16.7. The fourth-order valence-electron chi connectivity index (χ4n) is 2.57. The molecule has 0 saturated carbocycles. The number of anilines is 1. The first-order valence-electron chi connectivity index (χ1n) is 9.60. The van der Waals surface area contributed by atoms with Crippen LogP contribution in [0.3, 0.4) is 0 Å². The molecule has 3 N–H and O–H groups in total. The van der Waals surface area contributed by atoms with E-state index in [0.717, 1.165) is 5.56 Å². The Hall–Kier alpha value is -4.14. The van der Waals surface area contributed by atoms with E-state index in [0.29, 0.717) is 18.0 Å². The van der Waals surface area contributed by atoms with Gasteiger partial charge in [0, 0.05) is 43.7 Å². The fourth-order valence-corrected chi connectivity index (χ4v) is 2.57. The minimum atomic E-state index is -0.387. The number of benzene rings is 1. The smallest absolute Gasteiger partial charge is 0.291 e. The van der Waals surface area contributed by atoms with Crippen molar-refractivity contribution in [3.8, 4) is 5.75 Å². The third kappa shape index (κ3) is 7.32. The molecule has 9 nitrogen and oxygen atoms in total. The van der Waals surface area contributed by atoms with Gasteiger partial charge in [0.25, 0.3) is 11.8 Å². The molecule has 0 spiro atoms. The van der Waals surface area contributed by atoms with Crippen molar-refractivity contribution >= 4 is 23.4 Å². The summed E-state index contributed by atoms with van der Waals surface area (Å²) in [7, 11) is 0. The fraction of sp³-hybridized carbons (Fsp3) is 0.182. The van der Waals surface area contributed by atoms with Crippen molar-refractivity contribution in [2.75, 3.05) is 18.5 Å². The predicted molar refractivity (Wildman–Crippen MR) is 112 cm³/mol. The maximum Gasteiger partial charge on any atom is 0.291 e. The molecule has 31 heavy (non-hydrogen) atoms. The van der Waals surface area contributed by atoms with Crippen LogP contribution in [0, 0.1) is 0 Å². The summed E-state index contributed by atoms with van der Waals surface area (Å²) < 4.78 is 10.5. The third-order valence-corrected chi connectivity index (χ3v) is 4.12. The van der Waals surface area contributed by atoms with Crippen LogP contribution in [-0.4, -0.2) is 35.9 Å². The highest BCUT2D eigenvalue weighted by molar-refractivity contribution is 6.02. The molecular weight excluding hydrogens is 400 g/mol. The highest BCUT2D eigenvalue weighted by atomic mass is 16.5. The van der Waals surface area contributed by atoms with E-state index in [2.05, 4.69) is 20.9 Å². The topological polar surface area (TPSA) is 123 Å². The second-order valence-electron chi connectivity index (χ2n) is 6.48. The lowest BCUT2D eigenvalue weighted by Gasteiger charge is -2.09. The maximum atomic E-state index is 12.0. The second-order valence-corrected chi connectivity index (χ2v) is 6.48. The van der Waals surface area contributed by atoms with E-state index >= 15 is 0 Å². The van der Waals surface area contributed by atoms with Crippen LogP contribution in [0.1, 0.15) is 22.5 Å². The molecule has 0 aliphatic carbocycles. The number of nitrogens with one attached hydrogen (secondary N) is 3. The summed E-state index contributed by atoms with van der Waals surface area (Å²) in [6.07, 6.45) is 4.89. The molecule has 2 aromatic heterocycles. The van der Waals surface area contributed by atoms with Crippen molar-refractivity contribution in [2.24, 2.45) is 0 Å². The molecule has 3 amide bonds. The normalized spacial score (nSPS) is 10.2. The number of hydrogen-bond donors (Lipinski definition) is 3. The van der Waals surface area contributed by atoms with Gasteiger partial charge in [0.1, 0.15) is 5.75 Å². The Morgan fingerprint density at radius 1 is 0.968 bits per heavy atom. The molecule has 0 unspecified atom stereocenters. The van der Waals surface area contributed by atoms with Crippen LogP contribution in [0.4, 0.5) is 5.69 Å². The third-order valence-electron chi connectivity index (χ3n) is 4.12. The van der Waals surface area contributed by atoms with Crippen molar-refractivity contribution in [1.29, 1.82) is 0 Å². The van der Waals surface area contributed by atoms with Crippen molar-refractivity contribution in [1.82, 2.24) is 15.6 Å². The van der Waals surface area contributed by atoms with Gasteiger partial charge in [-0.3, -0.25) is 19.4 Å². The van der Waals surface area contributed by atoms with Gasteiger partial charge in [-0.2, -0.15) is 0 Å². The maximum absolute atomic E-state index is 12.0. The van der Waals surface area contributed by atoms with E-state index in [4.69, 9.17) is 9.15 Å². The van der Waals surface area contributed by atoms with Gasteiger partial charge in [-0.25, -0.2) is 0 Å². The second kappa shape index (κ2) is 11.1. The summed E-state index contributed by atoms with van der Waals surface area (Å²) in [4.78, 5) is 39.7. The number of carbonyl (C=O) groups excluding carboxylic acids is 3. The Kier molecular flexibility index (Phi) is 7.76. The van der Waals surface area contributed by atoms with Crippen LogP contribution >= 0.6 is 0 Å². The van der Waals surface area contributed by atoms with Crippen molar-refractivity contribution in [2.45, 2.75) is 13.0 Å². The Morgan fingerprint density at radius 2 is 1.81 bits per heavy atom. The first-order valence-corrected chi connectivity index (χ1v) is 9.60.